The predicted octanol–water partition coefficient (Wildman–Crippen LogP) is 6.63. The van der Waals surface area contributed by atoms with Crippen molar-refractivity contribution in [1.29, 1.82) is 0 Å². The lowest BCUT2D eigenvalue weighted by Gasteiger charge is -2.20. The summed E-state index contributed by atoms with van der Waals surface area (Å²) in [5.41, 5.74) is 4.44. The van der Waals surface area contributed by atoms with Gasteiger partial charge in [-0.3, -0.25) is 4.79 Å². The van der Waals surface area contributed by atoms with E-state index >= 15 is 0 Å². The van der Waals surface area contributed by atoms with Gasteiger partial charge in [-0.15, -0.1) is 0 Å². The molecule has 2 nitrogen and oxygen atoms in total. The second-order valence-corrected chi connectivity index (χ2v) is 7.43. The number of nitrogens with one attached hydrogen (secondary N) is 1. The van der Waals surface area contributed by atoms with Crippen molar-refractivity contribution in [2.24, 2.45) is 0 Å². The molecule has 0 aromatic heterocycles. The van der Waals surface area contributed by atoms with Crippen LogP contribution in [0.15, 0.2) is 84.9 Å². The van der Waals surface area contributed by atoms with E-state index in [9.17, 15) is 9.18 Å². The molecule has 29 heavy (non-hydrogen) atoms. The molecule has 0 spiro atoms. The number of carbonyl (C=O) groups excluding carboxylic acids is 1. The third-order valence-electron chi connectivity index (χ3n) is 5.03. The van der Waals surface area contributed by atoms with E-state index in [0.29, 0.717) is 5.56 Å². The van der Waals surface area contributed by atoms with E-state index in [-0.39, 0.29) is 11.6 Å². The highest BCUT2D eigenvalue weighted by atomic mass is 19.1. The average molecular weight is 383 g/mol. The fraction of sp³-hybridized carbons (Fsp3) is 0.115. The minimum atomic E-state index is -0.613. The van der Waals surface area contributed by atoms with Crippen LogP contribution in [-0.2, 0) is 0 Å². The number of anilines is 1. The van der Waals surface area contributed by atoms with Crippen LogP contribution >= 0.6 is 0 Å². The molecule has 0 saturated carbocycles. The standard InChI is InChI=1S/C26H22FNO/c1-17-13-18(2)15-24(14-17)28-25(20-9-11-23(27)12-10-20)26(29)22-8-7-19-5-3-4-6-21(19)16-22/h3-16,25,28H,1-2H3/t25-/m0/s1. The van der Waals surface area contributed by atoms with E-state index in [1.54, 1.807) is 12.1 Å². The number of fused-ring (bicyclic) bond motifs is 1. The molecule has 1 N–H and O–H groups in total. The second-order valence-electron chi connectivity index (χ2n) is 7.43. The first-order valence-corrected chi connectivity index (χ1v) is 9.63. The number of aryl methyl sites for hydroxylation is 2. The maximum atomic E-state index is 13.5. The van der Waals surface area contributed by atoms with Crippen molar-refractivity contribution in [3.8, 4) is 0 Å². The van der Waals surface area contributed by atoms with Gasteiger partial charge in [-0.1, -0.05) is 54.6 Å². The minimum Gasteiger partial charge on any atom is -0.371 e. The van der Waals surface area contributed by atoms with Gasteiger partial charge >= 0.3 is 0 Å². The molecule has 0 radical (unpaired) electrons. The third kappa shape index (κ3) is 4.19. The molecule has 0 saturated heterocycles. The van der Waals surface area contributed by atoms with Gasteiger partial charge < -0.3 is 5.32 Å². The summed E-state index contributed by atoms with van der Waals surface area (Å²) in [7, 11) is 0. The molecule has 0 fully saturated rings. The van der Waals surface area contributed by atoms with Crippen LogP contribution in [0.1, 0.15) is 33.1 Å². The zero-order valence-electron chi connectivity index (χ0n) is 16.4. The molecule has 4 aromatic rings. The van der Waals surface area contributed by atoms with Crippen molar-refractivity contribution in [2.75, 3.05) is 5.32 Å². The quantitative estimate of drug-likeness (QED) is 0.392. The number of hydrogen-bond donors (Lipinski definition) is 1. The van der Waals surface area contributed by atoms with Crippen molar-refractivity contribution >= 4 is 22.2 Å². The normalized spacial score (nSPS) is 12.0. The number of halogens is 1. The fourth-order valence-electron chi connectivity index (χ4n) is 3.69. The number of hydrogen-bond acceptors (Lipinski definition) is 2. The first-order valence-electron chi connectivity index (χ1n) is 9.63. The number of ketones is 1. The van der Waals surface area contributed by atoms with Crippen LogP contribution < -0.4 is 5.32 Å². The highest BCUT2D eigenvalue weighted by molar-refractivity contribution is 6.04. The van der Waals surface area contributed by atoms with E-state index in [2.05, 4.69) is 11.4 Å². The zero-order valence-corrected chi connectivity index (χ0v) is 16.4. The van der Waals surface area contributed by atoms with Crippen LogP contribution in [0.3, 0.4) is 0 Å². The van der Waals surface area contributed by atoms with Crippen LogP contribution in [0.4, 0.5) is 10.1 Å². The Morgan fingerprint density at radius 3 is 2.14 bits per heavy atom. The van der Waals surface area contributed by atoms with Gasteiger partial charge in [0.1, 0.15) is 11.9 Å². The zero-order chi connectivity index (χ0) is 20.4. The van der Waals surface area contributed by atoms with Crippen molar-refractivity contribution < 1.29 is 9.18 Å². The topological polar surface area (TPSA) is 29.1 Å². The smallest absolute Gasteiger partial charge is 0.189 e. The van der Waals surface area contributed by atoms with Gasteiger partial charge in [-0.25, -0.2) is 4.39 Å². The number of Topliss-reactive ketones (excluding diaryl/α,β-unsaturated/α-hetero) is 1. The highest BCUT2D eigenvalue weighted by Gasteiger charge is 2.22. The summed E-state index contributed by atoms with van der Waals surface area (Å²) in [6.45, 7) is 4.05. The van der Waals surface area contributed by atoms with Crippen LogP contribution in [0.25, 0.3) is 10.8 Å². The molecule has 0 aliphatic heterocycles. The molecule has 0 aliphatic rings. The molecule has 0 aliphatic carbocycles. The van der Waals surface area contributed by atoms with Crippen LogP contribution in [0.5, 0.6) is 0 Å². The van der Waals surface area contributed by atoms with Gasteiger partial charge in [0, 0.05) is 11.3 Å². The van der Waals surface area contributed by atoms with E-state index in [1.165, 1.54) is 12.1 Å². The summed E-state index contributed by atoms with van der Waals surface area (Å²) in [6.07, 6.45) is 0. The summed E-state index contributed by atoms with van der Waals surface area (Å²) in [6, 6.07) is 25.3. The summed E-state index contributed by atoms with van der Waals surface area (Å²) < 4.78 is 13.5. The van der Waals surface area contributed by atoms with Gasteiger partial charge in [-0.05, 0) is 71.6 Å². The van der Waals surface area contributed by atoms with Gasteiger partial charge in [0.25, 0.3) is 0 Å². The Morgan fingerprint density at radius 1 is 0.793 bits per heavy atom. The van der Waals surface area contributed by atoms with E-state index in [0.717, 1.165) is 33.2 Å². The first kappa shape index (κ1) is 18.9. The summed E-state index contributed by atoms with van der Waals surface area (Å²) in [4.78, 5) is 13.5. The van der Waals surface area contributed by atoms with Gasteiger partial charge in [-0.2, -0.15) is 0 Å². The Morgan fingerprint density at radius 2 is 1.45 bits per heavy atom. The molecule has 1 atom stereocenters. The molecule has 0 unspecified atom stereocenters. The predicted molar refractivity (Wildman–Crippen MR) is 117 cm³/mol. The lowest BCUT2D eigenvalue weighted by molar-refractivity contribution is 0.0969. The summed E-state index contributed by atoms with van der Waals surface area (Å²) >= 11 is 0. The number of carbonyl (C=O) groups is 1. The maximum Gasteiger partial charge on any atom is 0.189 e. The molecule has 4 aromatic carbocycles. The lowest BCUT2D eigenvalue weighted by atomic mass is 9.95. The molecule has 4 rings (SSSR count). The Balaban J connectivity index is 1.75. The Bertz CT molecular complexity index is 1160. The molecular weight excluding hydrogens is 361 g/mol. The monoisotopic (exact) mass is 383 g/mol. The Hall–Kier alpha value is -3.46. The Labute approximate surface area is 170 Å². The highest BCUT2D eigenvalue weighted by Crippen LogP contribution is 2.27. The molecule has 0 bridgehead atoms. The van der Waals surface area contributed by atoms with E-state index in [4.69, 9.17) is 0 Å². The number of rotatable bonds is 5. The molecule has 0 amide bonds. The minimum absolute atomic E-state index is 0.0541. The Kier molecular flexibility index (Phi) is 5.13. The van der Waals surface area contributed by atoms with Crippen molar-refractivity contribution in [3.05, 3.63) is 113 Å². The summed E-state index contributed by atoms with van der Waals surface area (Å²) in [5.74, 6) is -0.376. The summed E-state index contributed by atoms with van der Waals surface area (Å²) in [5, 5.41) is 5.47. The SMILES string of the molecule is Cc1cc(C)cc(N[C@H](C(=O)c2ccc3ccccc3c2)c2ccc(F)cc2)c1. The van der Waals surface area contributed by atoms with Gasteiger partial charge in [0.2, 0.25) is 0 Å². The van der Waals surface area contributed by atoms with Crippen molar-refractivity contribution in [3.63, 3.8) is 0 Å². The fourth-order valence-corrected chi connectivity index (χ4v) is 3.69. The maximum absolute atomic E-state index is 13.5. The third-order valence-corrected chi connectivity index (χ3v) is 5.03. The lowest BCUT2D eigenvalue weighted by Crippen LogP contribution is -2.21. The van der Waals surface area contributed by atoms with Crippen LogP contribution in [0, 0.1) is 19.7 Å². The van der Waals surface area contributed by atoms with Crippen LogP contribution in [-0.4, -0.2) is 5.78 Å². The van der Waals surface area contributed by atoms with Gasteiger partial charge in [0.05, 0.1) is 0 Å². The number of benzene rings is 4. The largest absolute Gasteiger partial charge is 0.371 e. The molecular formula is C26H22FNO. The first-order chi connectivity index (χ1) is 14.0. The van der Waals surface area contributed by atoms with Crippen molar-refractivity contribution in [1.82, 2.24) is 0 Å². The van der Waals surface area contributed by atoms with Crippen LogP contribution in [0.2, 0.25) is 0 Å². The second kappa shape index (κ2) is 7.88. The van der Waals surface area contributed by atoms with E-state index in [1.807, 2.05) is 68.4 Å². The van der Waals surface area contributed by atoms with Crippen molar-refractivity contribution in [2.45, 2.75) is 19.9 Å². The molecule has 144 valence electrons. The van der Waals surface area contributed by atoms with E-state index < -0.39 is 6.04 Å². The average Bonchev–Trinajstić information content (AvgIpc) is 2.71. The molecule has 3 heteroatoms. The molecule has 0 heterocycles. The van der Waals surface area contributed by atoms with Gasteiger partial charge in [0.15, 0.2) is 5.78 Å².